The van der Waals surface area contributed by atoms with Gasteiger partial charge in [0.15, 0.2) is 0 Å². The van der Waals surface area contributed by atoms with Crippen molar-refractivity contribution in [1.29, 1.82) is 0 Å². The van der Waals surface area contributed by atoms with Crippen LogP contribution in [0.2, 0.25) is 0 Å². The minimum Gasteiger partial charge on any atom is -0.478 e. The number of aromatic nitrogens is 1. The molecule has 1 saturated carbocycles. The number of pyridine rings is 1. The van der Waals surface area contributed by atoms with Gasteiger partial charge >= 0.3 is 5.97 Å². The minimum atomic E-state index is -1.08. The number of hydrogen-bond acceptors (Lipinski definition) is 3. The quantitative estimate of drug-likeness (QED) is 0.560. The number of aromatic carboxylic acids is 1. The second-order valence-electron chi connectivity index (χ2n) is 8.05. The van der Waals surface area contributed by atoms with Crippen LogP contribution in [0, 0.1) is 18.7 Å². The summed E-state index contributed by atoms with van der Waals surface area (Å²) in [6.07, 6.45) is 7.00. The molecule has 4 rings (SSSR count). The van der Waals surface area contributed by atoms with Gasteiger partial charge in [-0.2, -0.15) is 0 Å². The van der Waals surface area contributed by atoms with Gasteiger partial charge in [-0.15, -0.1) is 0 Å². The van der Waals surface area contributed by atoms with Gasteiger partial charge in [0, 0.05) is 17.0 Å². The number of carbonyl (C=O) groups is 1. The summed E-state index contributed by atoms with van der Waals surface area (Å²) in [5, 5.41) is 9.79. The van der Waals surface area contributed by atoms with E-state index in [1.54, 1.807) is 6.92 Å². The molecule has 0 bridgehead atoms. The molecule has 30 heavy (non-hydrogen) atoms. The van der Waals surface area contributed by atoms with E-state index in [-0.39, 0.29) is 5.56 Å². The molecule has 158 valence electrons. The van der Waals surface area contributed by atoms with Crippen LogP contribution in [0.25, 0.3) is 22.2 Å². The lowest BCUT2D eigenvalue weighted by atomic mass is 9.85. The number of nitrogens with zero attached hydrogens (tertiary/aromatic N) is 1. The van der Waals surface area contributed by atoms with E-state index in [9.17, 15) is 14.3 Å². The van der Waals surface area contributed by atoms with Crippen LogP contribution < -0.4 is 5.73 Å². The highest BCUT2D eigenvalue weighted by molar-refractivity contribution is 6.05. The molecule has 3 N–H and O–H groups in total. The van der Waals surface area contributed by atoms with Gasteiger partial charge in [0.25, 0.3) is 0 Å². The van der Waals surface area contributed by atoms with Crippen LogP contribution in [0.4, 0.5) is 4.39 Å². The summed E-state index contributed by atoms with van der Waals surface area (Å²) in [6, 6.07) is 13.8. The van der Waals surface area contributed by atoms with Crippen molar-refractivity contribution in [1.82, 2.24) is 4.98 Å². The van der Waals surface area contributed by atoms with Gasteiger partial charge in [-0.3, -0.25) is 0 Å². The number of rotatable bonds is 3. The average Bonchev–Trinajstić information content (AvgIpc) is 2.74. The first-order valence-electron chi connectivity index (χ1n) is 10.5. The second kappa shape index (κ2) is 9.81. The second-order valence-corrected chi connectivity index (χ2v) is 8.05. The molecule has 1 aromatic heterocycles. The maximum atomic E-state index is 13.4. The molecule has 0 spiro atoms. The molecule has 1 aliphatic rings. The Bertz CT molecular complexity index is 1010. The zero-order chi connectivity index (χ0) is 21.7. The number of benzene rings is 2. The Morgan fingerprint density at radius 3 is 2.37 bits per heavy atom. The van der Waals surface area contributed by atoms with E-state index in [0.717, 1.165) is 11.5 Å². The molecule has 4 nitrogen and oxygen atoms in total. The van der Waals surface area contributed by atoms with Crippen molar-refractivity contribution in [3.8, 4) is 11.3 Å². The van der Waals surface area contributed by atoms with Crippen molar-refractivity contribution >= 4 is 16.9 Å². The molecular weight excluding hydrogens is 379 g/mol. The summed E-state index contributed by atoms with van der Waals surface area (Å²) in [5.74, 6) is -0.722. The monoisotopic (exact) mass is 408 g/mol. The number of fused-ring (bicyclic) bond motifs is 1. The summed E-state index contributed by atoms with van der Waals surface area (Å²) in [6.45, 7) is 3.83. The van der Waals surface area contributed by atoms with Gasteiger partial charge in [-0.05, 0) is 56.4 Å². The lowest BCUT2D eigenvalue weighted by Crippen LogP contribution is -2.27. The molecule has 0 saturated heterocycles. The predicted molar refractivity (Wildman–Crippen MR) is 119 cm³/mol. The Hall–Kier alpha value is -2.79. The first kappa shape index (κ1) is 21.9. The van der Waals surface area contributed by atoms with Crippen molar-refractivity contribution in [2.24, 2.45) is 11.7 Å². The third-order valence-electron chi connectivity index (χ3n) is 5.84. The molecule has 0 unspecified atom stereocenters. The average molecular weight is 409 g/mol. The van der Waals surface area contributed by atoms with E-state index in [4.69, 9.17) is 5.73 Å². The van der Waals surface area contributed by atoms with Crippen molar-refractivity contribution in [3.05, 3.63) is 65.5 Å². The smallest absolute Gasteiger partial charge is 0.336 e. The van der Waals surface area contributed by atoms with E-state index in [1.165, 1.54) is 50.3 Å². The first-order valence-corrected chi connectivity index (χ1v) is 10.5. The van der Waals surface area contributed by atoms with Gasteiger partial charge in [0.05, 0.1) is 16.8 Å². The topological polar surface area (TPSA) is 76.2 Å². The van der Waals surface area contributed by atoms with Crippen molar-refractivity contribution in [2.45, 2.75) is 52.0 Å². The van der Waals surface area contributed by atoms with Crippen LogP contribution in [-0.2, 0) is 0 Å². The number of carboxylic acids is 1. The fourth-order valence-corrected chi connectivity index (χ4v) is 4.14. The number of halogens is 1. The molecule has 1 fully saturated rings. The lowest BCUT2D eigenvalue weighted by molar-refractivity contribution is 0.0698. The zero-order valence-electron chi connectivity index (χ0n) is 17.6. The Morgan fingerprint density at radius 2 is 1.80 bits per heavy atom. The largest absolute Gasteiger partial charge is 0.478 e. The standard InChI is InChI=1S/C17H12FNO2.C8H17N/c1-10-15(17(20)21)13-9-12(18)7-8-14(13)19-16(10)11-5-3-2-4-6-11;1-7(9)8-5-3-2-4-6-8/h2-9H,1H3,(H,20,21);7-8H,2-6,9H2,1H3/t;7-/m.0/s1. The summed E-state index contributed by atoms with van der Waals surface area (Å²) >= 11 is 0. The maximum Gasteiger partial charge on any atom is 0.336 e. The molecular formula is C25H29FN2O2. The van der Waals surface area contributed by atoms with Gasteiger partial charge < -0.3 is 10.8 Å². The van der Waals surface area contributed by atoms with Crippen molar-refractivity contribution in [2.75, 3.05) is 0 Å². The van der Waals surface area contributed by atoms with E-state index in [0.29, 0.717) is 28.2 Å². The van der Waals surface area contributed by atoms with Gasteiger partial charge in [0.2, 0.25) is 0 Å². The summed E-state index contributed by atoms with van der Waals surface area (Å²) in [4.78, 5) is 16.1. The van der Waals surface area contributed by atoms with E-state index < -0.39 is 11.8 Å². The summed E-state index contributed by atoms with van der Waals surface area (Å²) in [5.41, 5.74) is 8.31. The number of hydrogen-bond donors (Lipinski definition) is 2. The molecule has 1 atom stereocenters. The highest BCUT2D eigenvalue weighted by Crippen LogP contribution is 2.30. The lowest BCUT2D eigenvalue weighted by Gasteiger charge is -2.24. The summed E-state index contributed by atoms with van der Waals surface area (Å²) in [7, 11) is 0. The maximum absolute atomic E-state index is 13.4. The van der Waals surface area contributed by atoms with Crippen LogP contribution in [0.15, 0.2) is 48.5 Å². The summed E-state index contributed by atoms with van der Waals surface area (Å²) < 4.78 is 13.4. The predicted octanol–water partition coefficient (Wildman–Crippen LogP) is 5.96. The van der Waals surface area contributed by atoms with Crippen LogP contribution in [0.3, 0.4) is 0 Å². The molecule has 5 heteroatoms. The first-order chi connectivity index (χ1) is 14.4. The highest BCUT2D eigenvalue weighted by atomic mass is 19.1. The van der Waals surface area contributed by atoms with Crippen LogP contribution >= 0.6 is 0 Å². The molecule has 1 aliphatic carbocycles. The third kappa shape index (κ3) is 5.03. The molecule has 2 aromatic carbocycles. The van der Waals surface area contributed by atoms with Crippen LogP contribution in [-0.4, -0.2) is 22.1 Å². The molecule has 1 heterocycles. The third-order valence-corrected chi connectivity index (χ3v) is 5.84. The van der Waals surface area contributed by atoms with Crippen LogP contribution in [0.1, 0.15) is 54.9 Å². The van der Waals surface area contributed by atoms with Crippen LogP contribution in [0.5, 0.6) is 0 Å². The van der Waals surface area contributed by atoms with Gasteiger partial charge in [-0.1, -0.05) is 49.6 Å². The Morgan fingerprint density at radius 1 is 1.13 bits per heavy atom. The highest BCUT2D eigenvalue weighted by Gasteiger charge is 2.18. The zero-order valence-corrected chi connectivity index (χ0v) is 17.6. The normalized spacial score (nSPS) is 15.3. The van der Waals surface area contributed by atoms with Gasteiger partial charge in [-0.25, -0.2) is 14.2 Å². The molecule has 3 aromatic rings. The molecule has 0 amide bonds. The van der Waals surface area contributed by atoms with Gasteiger partial charge in [0.1, 0.15) is 5.82 Å². The fraction of sp³-hybridized carbons (Fsp3) is 0.360. The Labute approximate surface area is 177 Å². The van der Waals surface area contributed by atoms with E-state index >= 15 is 0 Å². The van der Waals surface area contributed by atoms with Crippen molar-refractivity contribution < 1.29 is 14.3 Å². The number of nitrogens with two attached hydrogens (primary N) is 1. The van der Waals surface area contributed by atoms with E-state index in [2.05, 4.69) is 11.9 Å². The number of carboxylic acid groups (broad SMARTS) is 1. The fourth-order valence-electron chi connectivity index (χ4n) is 4.14. The SMILES string of the molecule is C[C@H](N)C1CCCCC1.Cc1c(-c2ccccc2)nc2ccc(F)cc2c1C(=O)O. The van der Waals surface area contributed by atoms with Crippen molar-refractivity contribution in [3.63, 3.8) is 0 Å². The Balaban J connectivity index is 0.000000239. The molecule has 0 radical (unpaired) electrons. The Kier molecular flexibility index (Phi) is 7.16. The van der Waals surface area contributed by atoms with E-state index in [1.807, 2.05) is 30.3 Å². The minimum absolute atomic E-state index is 0.0957. The molecule has 0 aliphatic heterocycles.